The van der Waals surface area contributed by atoms with Crippen LogP contribution >= 0.6 is 0 Å². The molecule has 0 heterocycles. The molecule has 1 saturated carbocycles. The van der Waals surface area contributed by atoms with E-state index < -0.39 is 0 Å². The lowest BCUT2D eigenvalue weighted by Crippen LogP contribution is -2.17. The lowest BCUT2D eigenvalue weighted by molar-refractivity contribution is 0.562. The molecule has 1 fully saturated rings. The molecule has 6 rings (SSSR count). The zero-order valence-corrected chi connectivity index (χ0v) is 12.4. The third-order valence-corrected chi connectivity index (χ3v) is 6.52. The molecule has 2 unspecified atom stereocenters. The Morgan fingerprint density at radius 2 is 1.91 bits per heavy atom. The van der Waals surface area contributed by atoms with Crippen LogP contribution in [0.25, 0.3) is 5.57 Å². The van der Waals surface area contributed by atoms with Crippen LogP contribution in [0.15, 0.2) is 60.2 Å². The second kappa shape index (κ2) is 3.22. The molecule has 1 heteroatoms. The highest BCUT2D eigenvalue weighted by atomic mass is 14.8. The zero-order chi connectivity index (χ0) is 14.5. The van der Waals surface area contributed by atoms with Gasteiger partial charge >= 0.3 is 0 Å². The highest BCUT2D eigenvalue weighted by Gasteiger charge is 2.73. The second-order valence-electron chi connectivity index (χ2n) is 7.38. The largest absolute Gasteiger partial charge is 0.399 e. The number of fused-ring (bicyclic) bond motifs is 3. The van der Waals surface area contributed by atoms with Crippen molar-refractivity contribution in [1.29, 1.82) is 0 Å². The van der Waals surface area contributed by atoms with Crippen molar-refractivity contribution in [1.82, 2.24) is 0 Å². The van der Waals surface area contributed by atoms with E-state index in [1.165, 1.54) is 29.5 Å². The lowest BCUT2D eigenvalue weighted by atomic mass is 9.80. The normalized spacial score (nSPS) is 32.2. The molecule has 106 valence electrons. The predicted molar refractivity (Wildman–Crippen MR) is 89.5 cm³/mol. The molecule has 0 bridgehead atoms. The molecule has 0 aromatic heterocycles. The van der Waals surface area contributed by atoms with Crippen molar-refractivity contribution in [3.63, 3.8) is 0 Å². The van der Waals surface area contributed by atoms with Gasteiger partial charge in [0.15, 0.2) is 0 Å². The van der Waals surface area contributed by atoms with Crippen molar-refractivity contribution in [3.05, 3.63) is 82.4 Å². The van der Waals surface area contributed by atoms with Gasteiger partial charge in [0.25, 0.3) is 0 Å². The van der Waals surface area contributed by atoms with Crippen molar-refractivity contribution in [2.45, 2.75) is 24.7 Å². The number of benzene rings is 2. The Bertz CT molecular complexity index is 933. The summed E-state index contributed by atoms with van der Waals surface area (Å²) < 4.78 is 0. The Morgan fingerprint density at radius 3 is 2.86 bits per heavy atom. The van der Waals surface area contributed by atoms with E-state index in [4.69, 9.17) is 5.73 Å². The highest BCUT2D eigenvalue weighted by Crippen LogP contribution is 2.78. The van der Waals surface area contributed by atoms with Gasteiger partial charge in [0.05, 0.1) is 0 Å². The van der Waals surface area contributed by atoms with Crippen molar-refractivity contribution in [2.75, 3.05) is 5.73 Å². The predicted octanol–water partition coefficient (Wildman–Crippen LogP) is 4.03. The maximum atomic E-state index is 6.00. The molecule has 4 aliphatic rings. The molecule has 2 atom stereocenters. The maximum absolute atomic E-state index is 6.00. The maximum Gasteiger partial charge on any atom is 0.0317 e. The van der Waals surface area contributed by atoms with E-state index in [9.17, 15) is 0 Å². The number of hydrogen-bond donors (Lipinski definition) is 1. The number of nitrogen functional groups attached to an aromatic ring is 1. The van der Waals surface area contributed by atoms with Gasteiger partial charge in [-0.3, -0.25) is 0 Å². The Balaban J connectivity index is 1.57. The van der Waals surface area contributed by atoms with E-state index in [2.05, 4.69) is 48.6 Å². The van der Waals surface area contributed by atoms with Crippen LogP contribution in [0.5, 0.6) is 0 Å². The Morgan fingerprint density at radius 1 is 1.00 bits per heavy atom. The minimum absolute atomic E-state index is 0.302. The van der Waals surface area contributed by atoms with E-state index in [1.54, 1.807) is 16.7 Å². The van der Waals surface area contributed by atoms with Gasteiger partial charge in [0.1, 0.15) is 0 Å². The molecular formula is C21H17N. The van der Waals surface area contributed by atoms with Crippen LogP contribution in [-0.2, 0) is 18.3 Å². The molecule has 1 nitrogen and oxygen atoms in total. The van der Waals surface area contributed by atoms with Crippen LogP contribution < -0.4 is 5.73 Å². The monoisotopic (exact) mass is 283 g/mol. The van der Waals surface area contributed by atoms with Gasteiger partial charge in [0, 0.05) is 16.5 Å². The van der Waals surface area contributed by atoms with E-state index in [0.717, 1.165) is 12.1 Å². The van der Waals surface area contributed by atoms with Crippen LogP contribution in [0.2, 0.25) is 0 Å². The molecule has 0 aliphatic heterocycles. The first kappa shape index (κ1) is 11.3. The standard InChI is InChI=1S/C21H17N/c22-15-5-6-16-14(9-15)10-19-17(16)7-8-20-12-21(19,20)11-13-3-1-2-4-18(13)20/h1-9H,10-12,22H2. The fourth-order valence-corrected chi connectivity index (χ4v) is 5.54. The van der Waals surface area contributed by atoms with E-state index >= 15 is 0 Å². The quantitative estimate of drug-likeness (QED) is 0.726. The number of allylic oxidation sites excluding steroid dienone is 4. The summed E-state index contributed by atoms with van der Waals surface area (Å²) in [4.78, 5) is 0. The summed E-state index contributed by atoms with van der Waals surface area (Å²) in [6, 6.07) is 15.5. The summed E-state index contributed by atoms with van der Waals surface area (Å²) in [5.41, 5.74) is 16.7. The Kier molecular flexibility index (Phi) is 1.66. The van der Waals surface area contributed by atoms with Crippen molar-refractivity contribution in [3.8, 4) is 0 Å². The zero-order valence-electron chi connectivity index (χ0n) is 12.4. The summed E-state index contributed by atoms with van der Waals surface area (Å²) in [6.45, 7) is 0. The summed E-state index contributed by atoms with van der Waals surface area (Å²) in [5, 5.41) is 0. The smallest absolute Gasteiger partial charge is 0.0317 e. The Labute approximate surface area is 130 Å². The van der Waals surface area contributed by atoms with Crippen molar-refractivity contribution < 1.29 is 0 Å². The number of rotatable bonds is 0. The van der Waals surface area contributed by atoms with Gasteiger partial charge < -0.3 is 5.73 Å². The van der Waals surface area contributed by atoms with Crippen LogP contribution in [0.1, 0.15) is 28.7 Å². The van der Waals surface area contributed by atoms with Gasteiger partial charge in [-0.1, -0.05) is 48.1 Å². The molecule has 0 saturated heterocycles. The SMILES string of the molecule is Nc1ccc2c(c1)CC1=C2C=CC23CC12Cc1ccccc13. The van der Waals surface area contributed by atoms with Gasteiger partial charge in [-0.25, -0.2) is 0 Å². The third-order valence-electron chi connectivity index (χ3n) is 6.52. The van der Waals surface area contributed by atoms with Gasteiger partial charge in [-0.2, -0.15) is 0 Å². The lowest BCUT2D eigenvalue weighted by Gasteiger charge is -2.23. The fraction of sp³-hybridized carbons (Fsp3) is 0.238. The van der Waals surface area contributed by atoms with Crippen LogP contribution in [-0.4, -0.2) is 0 Å². The first-order chi connectivity index (χ1) is 10.7. The molecule has 22 heavy (non-hydrogen) atoms. The fourth-order valence-electron chi connectivity index (χ4n) is 5.54. The van der Waals surface area contributed by atoms with Crippen molar-refractivity contribution >= 4 is 11.3 Å². The average Bonchev–Trinajstić information content (AvgIpc) is 2.92. The molecular weight excluding hydrogens is 266 g/mol. The van der Waals surface area contributed by atoms with Gasteiger partial charge in [0.2, 0.25) is 0 Å². The molecule has 0 radical (unpaired) electrons. The first-order valence-corrected chi connectivity index (χ1v) is 8.14. The highest BCUT2D eigenvalue weighted by molar-refractivity contribution is 5.89. The summed E-state index contributed by atoms with van der Waals surface area (Å²) in [6.07, 6.45) is 8.51. The number of nitrogens with two attached hydrogens (primary N) is 1. The summed E-state index contributed by atoms with van der Waals surface area (Å²) >= 11 is 0. The Hall–Kier alpha value is -2.28. The first-order valence-electron chi connectivity index (χ1n) is 8.14. The van der Waals surface area contributed by atoms with Crippen molar-refractivity contribution in [2.24, 2.45) is 5.41 Å². The topological polar surface area (TPSA) is 26.0 Å². The second-order valence-corrected chi connectivity index (χ2v) is 7.38. The minimum atomic E-state index is 0.302. The number of anilines is 1. The van der Waals surface area contributed by atoms with Gasteiger partial charge in [-0.15, -0.1) is 0 Å². The van der Waals surface area contributed by atoms with Gasteiger partial charge in [-0.05, 0) is 59.2 Å². The average molecular weight is 283 g/mol. The van der Waals surface area contributed by atoms with E-state index in [0.29, 0.717) is 10.8 Å². The molecule has 0 amide bonds. The summed E-state index contributed by atoms with van der Waals surface area (Å²) in [5.74, 6) is 0. The van der Waals surface area contributed by atoms with Crippen LogP contribution in [0.3, 0.4) is 0 Å². The molecule has 2 aromatic carbocycles. The third kappa shape index (κ3) is 1.02. The molecule has 2 N–H and O–H groups in total. The summed E-state index contributed by atoms with van der Waals surface area (Å²) in [7, 11) is 0. The minimum Gasteiger partial charge on any atom is -0.399 e. The van der Waals surface area contributed by atoms with Crippen LogP contribution in [0.4, 0.5) is 5.69 Å². The van der Waals surface area contributed by atoms with Crippen LogP contribution in [0, 0.1) is 5.41 Å². The molecule has 4 aliphatic carbocycles. The van der Waals surface area contributed by atoms with E-state index in [-0.39, 0.29) is 0 Å². The molecule has 2 aromatic rings. The van der Waals surface area contributed by atoms with E-state index in [1.807, 2.05) is 6.07 Å². The molecule has 0 spiro atoms. The number of hydrogen-bond acceptors (Lipinski definition) is 1.